The zero-order valence-electron chi connectivity index (χ0n) is 7.08. The molecule has 0 unspecified atom stereocenters. The largest absolute Gasteiger partial charge is 0.386 e. The Labute approximate surface area is 84.3 Å². The number of rotatable bonds is 1. The van der Waals surface area contributed by atoms with Crippen LogP contribution in [0, 0.1) is 0 Å². The molecule has 0 atom stereocenters. The Morgan fingerprint density at radius 3 is 3.00 bits per heavy atom. The van der Waals surface area contributed by atoms with E-state index >= 15 is 0 Å². The summed E-state index contributed by atoms with van der Waals surface area (Å²) in [4.78, 5) is 0. The van der Waals surface area contributed by atoms with Gasteiger partial charge in [0.2, 0.25) is 0 Å². The van der Waals surface area contributed by atoms with Crippen molar-refractivity contribution in [2.75, 3.05) is 12.4 Å². The van der Waals surface area contributed by atoms with Crippen LogP contribution in [-0.4, -0.2) is 17.2 Å². The van der Waals surface area contributed by atoms with Gasteiger partial charge in [0.15, 0.2) is 0 Å². The summed E-state index contributed by atoms with van der Waals surface area (Å²) in [6.07, 6.45) is 1.72. The van der Waals surface area contributed by atoms with Crippen LogP contribution in [0.3, 0.4) is 0 Å². The molecule has 1 aromatic heterocycles. The molecule has 2 rings (SSSR count). The van der Waals surface area contributed by atoms with Gasteiger partial charge in [0, 0.05) is 16.9 Å². The zero-order valence-corrected chi connectivity index (χ0v) is 8.67. The smallest absolute Gasteiger partial charge is 0.109 e. The quantitative estimate of drug-likeness (QED) is 0.829. The topological polar surface area (TPSA) is 37.8 Å². The van der Waals surface area contributed by atoms with Crippen molar-refractivity contribution in [2.24, 2.45) is 0 Å². The van der Waals surface area contributed by atoms with Crippen LogP contribution in [0.5, 0.6) is 0 Å². The molecule has 0 aliphatic carbocycles. The van der Waals surface area contributed by atoms with Gasteiger partial charge in [0.25, 0.3) is 0 Å². The lowest BCUT2D eigenvalue weighted by Crippen LogP contribution is -1.93. The highest BCUT2D eigenvalue weighted by Crippen LogP contribution is 2.25. The summed E-state index contributed by atoms with van der Waals surface area (Å²) in [5, 5.41) is 12.1. The van der Waals surface area contributed by atoms with Gasteiger partial charge in [-0.15, -0.1) is 5.10 Å². The third-order valence-electron chi connectivity index (χ3n) is 1.89. The molecule has 13 heavy (non-hydrogen) atoms. The second-order valence-electron chi connectivity index (χ2n) is 2.64. The maximum absolute atomic E-state index is 4.05. The Morgan fingerprint density at radius 2 is 2.23 bits per heavy atom. The third-order valence-corrected chi connectivity index (χ3v) is 2.53. The van der Waals surface area contributed by atoms with E-state index in [1.54, 1.807) is 6.20 Å². The first-order valence-electron chi connectivity index (χ1n) is 3.90. The van der Waals surface area contributed by atoms with Crippen molar-refractivity contribution in [1.82, 2.24) is 10.2 Å². The van der Waals surface area contributed by atoms with Gasteiger partial charge in [-0.1, -0.05) is 12.1 Å². The van der Waals surface area contributed by atoms with Crippen LogP contribution in [0.15, 0.2) is 28.9 Å². The molecular weight excluding hydrogens is 230 g/mol. The molecule has 0 amide bonds. The molecule has 1 aromatic carbocycles. The van der Waals surface area contributed by atoms with Crippen LogP contribution in [0.25, 0.3) is 10.9 Å². The first-order valence-corrected chi connectivity index (χ1v) is 4.70. The van der Waals surface area contributed by atoms with Crippen molar-refractivity contribution in [3.05, 3.63) is 28.9 Å². The lowest BCUT2D eigenvalue weighted by atomic mass is 10.2. The van der Waals surface area contributed by atoms with Gasteiger partial charge >= 0.3 is 0 Å². The van der Waals surface area contributed by atoms with E-state index in [1.807, 2.05) is 25.2 Å². The Bertz CT molecular complexity index is 442. The van der Waals surface area contributed by atoms with Crippen LogP contribution >= 0.6 is 15.9 Å². The molecule has 0 saturated carbocycles. The van der Waals surface area contributed by atoms with E-state index in [9.17, 15) is 0 Å². The molecule has 66 valence electrons. The number of hydrogen-bond donors (Lipinski definition) is 1. The molecule has 4 heteroatoms. The van der Waals surface area contributed by atoms with Gasteiger partial charge in [-0.3, -0.25) is 0 Å². The second-order valence-corrected chi connectivity index (χ2v) is 3.50. The zero-order chi connectivity index (χ0) is 9.26. The predicted molar refractivity (Wildman–Crippen MR) is 56.8 cm³/mol. The Kier molecular flexibility index (Phi) is 2.14. The lowest BCUT2D eigenvalue weighted by molar-refractivity contribution is 1.07. The molecule has 0 fully saturated rings. The number of nitrogens with zero attached hydrogens (tertiary/aromatic N) is 2. The summed E-state index contributed by atoms with van der Waals surface area (Å²) >= 11 is 3.43. The average molecular weight is 238 g/mol. The second kappa shape index (κ2) is 3.30. The first kappa shape index (κ1) is 8.44. The molecule has 0 saturated heterocycles. The highest BCUT2D eigenvalue weighted by molar-refractivity contribution is 9.10. The fraction of sp³-hybridized carbons (Fsp3) is 0.111. The average Bonchev–Trinajstić information content (AvgIpc) is 2.18. The number of halogens is 1. The fourth-order valence-corrected chi connectivity index (χ4v) is 1.69. The molecule has 1 heterocycles. The molecule has 2 aromatic rings. The number of hydrogen-bond acceptors (Lipinski definition) is 3. The van der Waals surface area contributed by atoms with E-state index in [2.05, 4.69) is 31.4 Å². The van der Waals surface area contributed by atoms with Gasteiger partial charge < -0.3 is 5.32 Å². The fourth-order valence-electron chi connectivity index (χ4n) is 1.25. The van der Waals surface area contributed by atoms with Crippen molar-refractivity contribution in [3.63, 3.8) is 0 Å². The van der Waals surface area contributed by atoms with E-state index in [1.165, 1.54) is 0 Å². The van der Waals surface area contributed by atoms with Gasteiger partial charge in [0.1, 0.15) is 5.52 Å². The minimum absolute atomic E-state index is 0.884. The number of benzene rings is 1. The highest BCUT2D eigenvalue weighted by Gasteiger charge is 2.03. The van der Waals surface area contributed by atoms with E-state index in [4.69, 9.17) is 0 Å². The summed E-state index contributed by atoms with van der Waals surface area (Å²) in [5.41, 5.74) is 1.88. The maximum Gasteiger partial charge on any atom is 0.109 e. The van der Waals surface area contributed by atoms with Crippen LogP contribution in [0.1, 0.15) is 0 Å². The molecule has 3 nitrogen and oxygen atoms in total. The van der Waals surface area contributed by atoms with Gasteiger partial charge in [-0.25, -0.2) is 0 Å². The highest BCUT2D eigenvalue weighted by atomic mass is 79.9. The molecule has 1 N–H and O–H groups in total. The van der Waals surface area contributed by atoms with Crippen molar-refractivity contribution in [1.29, 1.82) is 0 Å². The SMILES string of the molecule is CNc1cnnc2c(Br)cccc12. The molecule has 0 bridgehead atoms. The molecule has 0 aliphatic rings. The van der Waals surface area contributed by atoms with Crippen LogP contribution in [-0.2, 0) is 0 Å². The first-order chi connectivity index (χ1) is 6.33. The molecule has 0 radical (unpaired) electrons. The monoisotopic (exact) mass is 237 g/mol. The standard InChI is InChI=1S/C9H8BrN3/c1-11-8-5-12-13-9-6(8)3-2-4-7(9)10/h2-5H,1H3,(H,11,13). The Hall–Kier alpha value is -1.16. The molecule has 0 spiro atoms. The Morgan fingerprint density at radius 1 is 1.38 bits per heavy atom. The molecular formula is C9H8BrN3. The number of aromatic nitrogens is 2. The van der Waals surface area contributed by atoms with E-state index in [0.29, 0.717) is 0 Å². The minimum Gasteiger partial charge on any atom is -0.386 e. The molecule has 0 aliphatic heterocycles. The van der Waals surface area contributed by atoms with E-state index < -0.39 is 0 Å². The third kappa shape index (κ3) is 1.37. The summed E-state index contributed by atoms with van der Waals surface area (Å²) in [6.45, 7) is 0. The summed E-state index contributed by atoms with van der Waals surface area (Å²) in [5.74, 6) is 0. The van der Waals surface area contributed by atoms with E-state index in [-0.39, 0.29) is 0 Å². The number of anilines is 1. The van der Waals surface area contributed by atoms with Crippen LogP contribution in [0.4, 0.5) is 5.69 Å². The summed E-state index contributed by atoms with van der Waals surface area (Å²) in [6, 6.07) is 5.95. The minimum atomic E-state index is 0.884. The van der Waals surface area contributed by atoms with Crippen molar-refractivity contribution >= 4 is 32.5 Å². The van der Waals surface area contributed by atoms with Crippen molar-refractivity contribution < 1.29 is 0 Å². The maximum atomic E-state index is 4.05. The van der Waals surface area contributed by atoms with E-state index in [0.717, 1.165) is 21.1 Å². The van der Waals surface area contributed by atoms with Gasteiger partial charge in [-0.05, 0) is 22.0 Å². The summed E-state index contributed by atoms with van der Waals surface area (Å²) < 4.78 is 0.967. The van der Waals surface area contributed by atoms with Crippen molar-refractivity contribution in [2.45, 2.75) is 0 Å². The lowest BCUT2D eigenvalue weighted by Gasteiger charge is -2.04. The number of nitrogens with one attached hydrogen (secondary N) is 1. The van der Waals surface area contributed by atoms with Crippen LogP contribution < -0.4 is 5.32 Å². The Balaban J connectivity index is 2.84. The van der Waals surface area contributed by atoms with Gasteiger partial charge in [0.05, 0.1) is 11.9 Å². The predicted octanol–water partition coefficient (Wildman–Crippen LogP) is 2.43. The normalized spacial score (nSPS) is 10.3. The van der Waals surface area contributed by atoms with Crippen molar-refractivity contribution in [3.8, 4) is 0 Å². The van der Waals surface area contributed by atoms with Gasteiger partial charge in [-0.2, -0.15) is 5.10 Å². The summed E-state index contributed by atoms with van der Waals surface area (Å²) in [7, 11) is 1.87. The number of fused-ring (bicyclic) bond motifs is 1. The van der Waals surface area contributed by atoms with Crippen LogP contribution in [0.2, 0.25) is 0 Å².